The number of rotatable bonds is 3. The minimum atomic E-state index is -0.842. The number of carboxylic acids is 1. The van der Waals surface area contributed by atoms with Crippen molar-refractivity contribution in [3.05, 3.63) is 58.9 Å². The molecule has 0 saturated heterocycles. The van der Waals surface area contributed by atoms with Crippen LogP contribution in [0.15, 0.2) is 36.5 Å². The predicted molar refractivity (Wildman–Crippen MR) is 69.0 cm³/mol. The van der Waals surface area contributed by atoms with Gasteiger partial charge in [-0.2, -0.15) is 0 Å². The van der Waals surface area contributed by atoms with E-state index in [-0.39, 0.29) is 0 Å². The number of hydrogen-bond donors (Lipinski definition) is 1. The zero-order valence-corrected chi connectivity index (χ0v) is 10.3. The van der Waals surface area contributed by atoms with Crippen LogP contribution in [0.4, 0.5) is 0 Å². The average Bonchev–Trinajstić information content (AvgIpc) is 2.67. The van der Waals surface area contributed by atoms with Crippen LogP contribution in [-0.4, -0.2) is 15.6 Å². The first-order valence-electron chi connectivity index (χ1n) is 6.13. The summed E-state index contributed by atoms with van der Waals surface area (Å²) in [4.78, 5) is 11.2. The second-order valence-corrected chi connectivity index (χ2v) is 4.90. The van der Waals surface area contributed by atoms with Crippen LogP contribution < -0.4 is 0 Å². The second-order valence-electron chi connectivity index (χ2n) is 4.90. The Kier molecular flexibility index (Phi) is 2.47. The molecule has 18 heavy (non-hydrogen) atoms. The van der Waals surface area contributed by atoms with E-state index in [2.05, 4.69) is 18.2 Å². The molecule has 0 spiro atoms. The number of carboxylic acid groups (broad SMARTS) is 1. The van der Waals surface area contributed by atoms with Crippen molar-refractivity contribution in [2.75, 3.05) is 0 Å². The van der Waals surface area contributed by atoms with E-state index in [9.17, 15) is 9.90 Å². The summed E-state index contributed by atoms with van der Waals surface area (Å²) in [6.07, 6.45) is 2.92. The molecule has 1 aliphatic rings. The number of aromatic carboxylic acids is 1. The first kappa shape index (κ1) is 11.1. The van der Waals surface area contributed by atoms with E-state index in [1.807, 2.05) is 29.8 Å². The van der Waals surface area contributed by atoms with Crippen molar-refractivity contribution in [1.82, 2.24) is 4.57 Å². The minimum Gasteiger partial charge on any atom is -0.477 e. The number of hydrogen-bond acceptors (Lipinski definition) is 1. The molecule has 3 rings (SSSR count). The monoisotopic (exact) mass is 241 g/mol. The number of aryl methyl sites for hydroxylation is 1. The fraction of sp³-hybridized carbons (Fsp3) is 0.267. The highest BCUT2D eigenvalue weighted by Gasteiger charge is 2.27. The Morgan fingerprint density at radius 2 is 2.17 bits per heavy atom. The Labute approximate surface area is 106 Å². The number of nitrogens with zero attached hydrogens (tertiary/aromatic N) is 1. The zero-order chi connectivity index (χ0) is 12.7. The Balaban J connectivity index is 1.86. The van der Waals surface area contributed by atoms with Crippen LogP contribution in [0.25, 0.3) is 0 Å². The van der Waals surface area contributed by atoms with Gasteiger partial charge in [0.1, 0.15) is 5.69 Å². The third-order valence-electron chi connectivity index (χ3n) is 3.75. The average molecular weight is 241 g/mol. The maximum Gasteiger partial charge on any atom is 0.352 e. The van der Waals surface area contributed by atoms with Gasteiger partial charge in [0.2, 0.25) is 0 Å². The lowest BCUT2D eigenvalue weighted by molar-refractivity contribution is 0.0683. The molecular formula is C15H15NO2. The largest absolute Gasteiger partial charge is 0.477 e. The molecule has 92 valence electrons. The standard InChI is InChI=1S/C15H15NO2/c1-10-6-7-16(14(10)15(17)18)9-12-8-11-4-2-3-5-13(11)12/h2-7,12H,8-9H2,1H3,(H,17,18). The van der Waals surface area contributed by atoms with Crippen LogP contribution in [0, 0.1) is 6.92 Å². The van der Waals surface area contributed by atoms with Crippen LogP contribution >= 0.6 is 0 Å². The summed E-state index contributed by atoms with van der Waals surface area (Å²) in [7, 11) is 0. The van der Waals surface area contributed by atoms with Gasteiger partial charge in [0.15, 0.2) is 0 Å². The molecule has 0 saturated carbocycles. The van der Waals surface area contributed by atoms with E-state index in [4.69, 9.17) is 0 Å². The van der Waals surface area contributed by atoms with Crippen LogP contribution in [-0.2, 0) is 13.0 Å². The fourth-order valence-corrected chi connectivity index (χ4v) is 2.79. The van der Waals surface area contributed by atoms with Crippen molar-refractivity contribution in [3.8, 4) is 0 Å². The summed E-state index contributed by atoms with van der Waals surface area (Å²) < 4.78 is 1.86. The Morgan fingerprint density at radius 1 is 1.39 bits per heavy atom. The number of benzene rings is 1. The number of aromatic nitrogens is 1. The van der Waals surface area contributed by atoms with Gasteiger partial charge in [-0.15, -0.1) is 0 Å². The van der Waals surface area contributed by atoms with Gasteiger partial charge in [0.25, 0.3) is 0 Å². The van der Waals surface area contributed by atoms with E-state index in [0.717, 1.165) is 18.5 Å². The first-order chi connectivity index (χ1) is 8.66. The maximum atomic E-state index is 11.2. The molecule has 1 aliphatic carbocycles. The van der Waals surface area contributed by atoms with Gasteiger partial charge in [-0.3, -0.25) is 0 Å². The molecule has 2 aromatic rings. The summed E-state index contributed by atoms with van der Waals surface area (Å²) in [5.74, 6) is -0.392. The molecule has 1 aromatic heterocycles. The number of fused-ring (bicyclic) bond motifs is 1. The van der Waals surface area contributed by atoms with Crippen molar-refractivity contribution in [2.24, 2.45) is 0 Å². The molecule has 1 N–H and O–H groups in total. The van der Waals surface area contributed by atoms with E-state index < -0.39 is 5.97 Å². The lowest BCUT2D eigenvalue weighted by Crippen LogP contribution is -2.23. The van der Waals surface area contributed by atoms with Crippen LogP contribution in [0.1, 0.15) is 33.1 Å². The summed E-state index contributed by atoms with van der Waals surface area (Å²) in [5.41, 5.74) is 4.00. The normalized spacial score (nSPS) is 17.1. The molecule has 0 amide bonds. The lowest BCUT2D eigenvalue weighted by atomic mass is 9.77. The Morgan fingerprint density at radius 3 is 2.89 bits per heavy atom. The third kappa shape index (κ3) is 1.63. The van der Waals surface area contributed by atoms with Crippen molar-refractivity contribution < 1.29 is 9.90 Å². The second kappa shape index (κ2) is 4.02. The number of carbonyl (C=O) groups is 1. The molecule has 1 atom stereocenters. The SMILES string of the molecule is Cc1ccn(CC2Cc3ccccc32)c1C(=O)O. The van der Waals surface area contributed by atoms with E-state index >= 15 is 0 Å². The van der Waals surface area contributed by atoms with E-state index in [1.54, 1.807) is 0 Å². The van der Waals surface area contributed by atoms with Gasteiger partial charge in [-0.25, -0.2) is 4.79 Å². The van der Waals surface area contributed by atoms with Crippen LogP contribution in [0.5, 0.6) is 0 Å². The van der Waals surface area contributed by atoms with Crippen molar-refractivity contribution in [1.29, 1.82) is 0 Å². The first-order valence-corrected chi connectivity index (χ1v) is 6.13. The molecule has 1 aromatic carbocycles. The van der Waals surface area contributed by atoms with Crippen molar-refractivity contribution in [2.45, 2.75) is 25.8 Å². The van der Waals surface area contributed by atoms with Gasteiger partial charge in [-0.1, -0.05) is 24.3 Å². The van der Waals surface area contributed by atoms with E-state index in [1.165, 1.54) is 11.1 Å². The van der Waals surface area contributed by atoms with Gasteiger partial charge < -0.3 is 9.67 Å². The van der Waals surface area contributed by atoms with Crippen LogP contribution in [0.3, 0.4) is 0 Å². The smallest absolute Gasteiger partial charge is 0.352 e. The van der Waals surface area contributed by atoms with Gasteiger partial charge in [0.05, 0.1) is 0 Å². The molecule has 0 bridgehead atoms. The fourth-order valence-electron chi connectivity index (χ4n) is 2.79. The highest BCUT2D eigenvalue weighted by Crippen LogP contribution is 2.36. The highest BCUT2D eigenvalue weighted by atomic mass is 16.4. The zero-order valence-electron chi connectivity index (χ0n) is 10.3. The summed E-state index contributed by atoms with van der Waals surface area (Å²) in [5, 5.41) is 9.21. The van der Waals surface area contributed by atoms with Gasteiger partial charge in [0, 0.05) is 18.7 Å². The molecular weight excluding hydrogens is 226 g/mol. The van der Waals surface area contributed by atoms with Crippen molar-refractivity contribution >= 4 is 5.97 Å². The minimum absolute atomic E-state index is 0.416. The highest BCUT2D eigenvalue weighted by molar-refractivity contribution is 5.87. The molecule has 1 heterocycles. The molecule has 0 aliphatic heterocycles. The summed E-state index contributed by atoms with van der Waals surface area (Å²) in [6, 6.07) is 10.3. The molecule has 0 fully saturated rings. The van der Waals surface area contributed by atoms with Crippen molar-refractivity contribution in [3.63, 3.8) is 0 Å². The molecule has 3 nitrogen and oxygen atoms in total. The quantitative estimate of drug-likeness (QED) is 0.897. The predicted octanol–water partition coefficient (Wildman–Crippen LogP) is 2.83. The summed E-state index contributed by atoms with van der Waals surface area (Å²) in [6.45, 7) is 2.60. The Hall–Kier alpha value is -2.03. The van der Waals surface area contributed by atoms with E-state index in [0.29, 0.717) is 11.6 Å². The van der Waals surface area contributed by atoms with Crippen LogP contribution in [0.2, 0.25) is 0 Å². The maximum absolute atomic E-state index is 11.2. The summed E-state index contributed by atoms with van der Waals surface area (Å²) >= 11 is 0. The van der Waals surface area contributed by atoms with Gasteiger partial charge in [-0.05, 0) is 36.1 Å². The third-order valence-corrected chi connectivity index (χ3v) is 3.75. The molecule has 3 heteroatoms. The topological polar surface area (TPSA) is 42.2 Å². The lowest BCUT2D eigenvalue weighted by Gasteiger charge is -2.30. The van der Waals surface area contributed by atoms with Gasteiger partial charge >= 0.3 is 5.97 Å². The molecule has 1 unspecified atom stereocenters. The molecule has 0 radical (unpaired) electrons. The Bertz CT molecular complexity index is 613.